The van der Waals surface area contributed by atoms with Crippen molar-refractivity contribution in [3.05, 3.63) is 48.6 Å². The van der Waals surface area contributed by atoms with Gasteiger partial charge in [0.2, 0.25) is 0 Å². The molecule has 61 heavy (non-hydrogen) atoms. The number of aliphatic hydroxyl groups is 7. The van der Waals surface area contributed by atoms with Crippen LogP contribution in [0.2, 0.25) is 0 Å². The van der Waals surface area contributed by atoms with Crippen molar-refractivity contribution in [3.8, 4) is 0 Å². The average Bonchev–Trinajstić information content (AvgIpc) is 3.25. The lowest BCUT2D eigenvalue weighted by atomic mass is 9.98. The van der Waals surface area contributed by atoms with Crippen LogP contribution in [0.3, 0.4) is 0 Å². The summed E-state index contributed by atoms with van der Waals surface area (Å²) < 4.78 is 34.1. The van der Waals surface area contributed by atoms with Gasteiger partial charge in [0.1, 0.15) is 54.9 Å². The first-order valence-electron chi connectivity index (χ1n) is 23.2. The molecule has 0 aromatic carbocycles. The summed E-state index contributed by atoms with van der Waals surface area (Å²) in [6.07, 6.45) is 21.8. The third kappa shape index (κ3) is 24.0. The zero-order valence-corrected chi connectivity index (χ0v) is 37.1. The largest absolute Gasteiger partial charge is 0.457 e. The van der Waals surface area contributed by atoms with Gasteiger partial charge in [0.25, 0.3) is 0 Å². The molecular formula is C47H82O14. The fraction of sp³-hybridized carbons (Fsp3) is 0.809. The molecule has 0 bridgehead atoms. The highest BCUT2D eigenvalue weighted by molar-refractivity contribution is 5.69. The van der Waals surface area contributed by atoms with Crippen molar-refractivity contribution in [3.63, 3.8) is 0 Å². The molecule has 0 aromatic heterocycles. The summed E-state index contributed by atoms with van der Waals surface area (Å²) in [4.78, 5) is 12.9. The molecule has 14 nitrogen and oxygen atoms in total. The van der Waals surface area contributed by atoms with Crippen molar-refractivity contribution in [1.29, 1.82) is 0 Å². The Balaban J connectivity index is 1.82. The van der Waals surface area contributed by atoms with Crippen LogP contribution in [0.25, 0.3) is 0 Å². The third-order valence-corrected chi connectivity index (χ3v) is 10.8. The Labute approximate surface area is 365 Å². The number of aliphatic hydroxyl groups excluding tert-OH is 7. The molecule has 0 amide bonds. The molecule has 0 aliphatic carbocycles. The quantitative estimate of drug-likeness (QED) is 0.0234. The highest BCUT2D eigenvalue weighted by atomic mass is 16.7. The molecule has 14 heteroatoms. The Morgan fingerprint density at radius 2 is 1.07 bits per heavy atom. The normalized spacial score (nSPS) is 27.9. The lowest BCUT2D eigenvalue weighted by Crippen LogP contribution is -2.61. The first kappa shape index (κ1) is 55.1. The summed E-state index contributed by atoms with van der Waals surface area (Å²) in [5.41, 5.74) is 0. The van der Waals surface area contributed by atoms with E-state index in [-0.39, 0.29) is 19.6 Å². The van der Waals surface area contributed by atoms with E-state index in [4.69, 9.17) is 28.4 Å². The van der Waals surface area contributed by atoms with Crippen LogP contribution in [0.15, 0.2) is 48.6 Å². The van der Waals surface area contributed by atoms with Gasteiger partial charge in [0.15, 0.2) is 12.6 Å². The van der Waals surface area contributed by atoms with Crippen LogP contribution in [0.5, 0.6) is 0 Å². The molecule has 7 N–H and O–H groups in total. The van der Waals surface area contributed by atoms with Crippen molar-refractivity contribution in [2.24, 2.45) is 0 Å². The number of hydrogen-bond acceptors (Lipinski definition) is 14. The van der Waals surface area contributed by atoms with E-state index >= 15 is 0 Å². The van der Waals surface area contributed by atoms with Gasteiger partial charge < -0.3 is 64.2 Å². The molecule has 0 saturated carbocycles. The summed E-state index contributed by atoms with van der Waals surface area (Å²) in [5, 5.41) is 71.9. The minimum Gasteiger partial charge on any atom is -0.457 e. The second-order valence-electron chi connectivity index (χ2n) is 16.2. The van der Waals surface area contributed by atoms with Crippen LogP contribution in [0.1, 0.15) is 142 Å². The van der Waals surface area contributed by atoms with Crippen LogP contribution >= 0.6 is 0 Å². The molecule has 2 rings (SSSR count). The van der Waals surface area contributed by atoms with Gasteiger partial charge in [-0.1, -0.05) is 120 Å². The Hall–Kier alpha value is -2.05. The highest BCUT2D eigenvalue weighted by Crippen LogP contribution is 2.26. The molecule has 2 aliphatic heterocycles. The van der Waals surface area contributed by atoms with Gasteiger partial charge in [-0.3, -0.25) is 4.79 Å². The lowest BCUT2D eigenvalue weighted by Gasteiger charge is -2.42. The van der Waals surface area contributed by atoms with Gasteiger partial charge >= 0.3 is 5.97 Å². The minimum absolute atomic E-state index is 0.0486. The fourth-order valence-corrected chi connectivity index (χ4v) is 6.98. The first-order valence-corrected chi connectivity index (χ1v) is 23.2. The lowest BCUT2D eigenvalue weighted by molar-refractivity contribution is -0.332. The highest BCUT2D eigenvalue weighted by Gasteiger charge is 2.47. The van der Waals surface area contributed by atoms with Gasteiger partial charge in [0.05, 0.1) is 26.4 Å². The molecule has 2 heterocycles. The number of esters is 1. The van der Waals surface area contributed by atoms with E-state index in [1.165, 1.54) is 32.1 Å². The van der Waals surface area contributed by atoms with E-state index in [1.54, 1.807) is 0 Å². The first-order chi connectivity index (χ1) is 29.6. The van der Waals surface area contributed by atoms with E-state index in [0.717, 1.165) is 83.5 Å². The fourth-order valence-electron chi connectivity index (χ4n) is 6.98. The van der Waals surface area contributed by atoms with Crippen LogP contribution in [0, 0.1) is 0 Å². The summed E-state index contributed by atoms with van der Waals surface area (Å²) in [7, 11) is 0. The van der Waals surface area contributed by atoms with E-state index in [0.29, 0.717) is 13.0 Å². The maximum Gasteiger partial charge on any atom is 0.306 e. The number of carbonyl (C=O) groups excluding carboxylic acids is 1. The predicted octanol–water partition coefficient (Wildman–Crippen LogP) is 5.62. The Morgan fingerprint density at radius 1 is 0.557 bits per heavy atom. The molecule has 2 saturated heterocycles. The summed E-state index contributed by atoms with van der Waals surface area (Å²) in [6.45, 7) is 3.48. The number of unbranched alkanes of at least 4 members (excludes halogenated alkanes) is 13. The second-order valence-corrected chi connectivity index (χ2v) is 16.2. The van der Waals surface area contributed by atoms with Crippen molar-refractivity contribution >= 4 is 5.97 Å². The van der Waals surface area contributed by atoms with Crippen LogP contribution in [-0.4, -0.2) is 142 Å². The third-order valence-electron chi connectivity index (χ3n) is 10.8. The SMILES string of the molecule is CC/C=C\C/C=C\C/C=C\CCCCCCCC(=O)OC(COCCCCCCCC/C=C\CCCC)COC1OC(COC2OC(CO)C(O)C(O)C2O)C(O)C(O)C1O. The van der Waals surface area contributed by atoms with E-state index in [2.05, 4.69) is 62.5 Å². The molecule has 2 aliphatic rings. The maximum atomic E-state index is 12.9. The number of allylic oxidation sites excluding steroid dienone is 8. The standard InChI is InChI=1S/C47H82O14/c1-3-5-7-9-11-13-15-17-18-19-20-22-24-26-28-30-39(49)59-36(33-56-31-29-27-25-23-21-16-14-12-10-8-6-4-2)34-57-46-45(55)43(53)41(51)38(61-46)35-58-47-44(54)42(52)40(50)37(32-48)60-47/h5,7,10-13,17-18,36-38,40-48,50-55H,3-4,6,8-9,14-16,19-35H2,1-2H3/b7-5-,12-10-,13-11-,18-17-. The summed E-state index contributed by atoms with van der Waals surface area (Å²) >= 11 is 0. The van der Waals surface area contributed by atoms with Crippen molar-refractivity contribution in [2.45, 2.75) is 210 Å². The molecule has 2 fully saturated rings. The Morgan fingerprint density at radius 3 is 1.69 bits per heavy atom. The average molecular weight is 871 g/mol. The monoisotopic (exact) mass is 871 g/mol. The van der Waals surface area contributed by atoms with E-state index < -0.39 is 86.7 Å². The second kappa shape index (κ2) is 35.3. The van der Waals surface area contributed by atoms with Crippen LogP contribution < -0.4 is 0 Å². The summed E-state index contributed by atoms with van der Waals surface area (Å²) in [5.74, 6) is -0.398. The number of rotatable bonds is 35. The maximum absolute atomic E-state index is 12.9. The zero-order chi connectivity index (χ0) is 44.5. The van der Waals surface area contributed by atoms with Gasteiger partial charge in [-0.05, 0) is 64.2 Å². The summed E-state index contributed by atoms with van der Waals surface area (Å²) in [6, 6.07) is 0. The predicted molar refractivity (Wildman–Crippen MR) is 233 cm³/mol. The molecule has 0 radical (unpaired) electrons. The van der Waals surface area contributed by atoms with E-state index in [1.807, 2.05) is 0 Å². The number of hydrogen-bond donors (Lipinski definition) is 7. The van der Waals surface area contributed by atoms with Crippen molar-refractivity contribution < 1.29 is 69.0 Å². The van der Waals surface area contributed by atoms with Gasteiger partial charge in [-0.15, -0.1) is 0 Å². The Bertz CT molecular complexity index is 1190. The van der Waals surface area contributed by atoms with E-state index in [9.17, 15) is 40.5 Å². The molecule has 11 atom stereocenters. The molecule has 354 valence electrons. The molecular weight excluding hydrogens is 789 g/mol. The molecule has 0 aromatic rings. The Kier molecular flexibility index (Phi) is 31.9. The zero-order valence-electron chi connectivity index (χ0n) is 37.1. The number of carbonyl (C=O) groups is 1. The van der Waals surface area contributed by atoms with Crippen LogP contribution in [0.4, 0.5) is 0 Å². The van der Waals surface area contributed by atoms with Gasteiger partial charge in [-0.2, -0.15) is 0 Å². The topological polar surface area (TPSA) is 214 Å². The van der Waals surface area contributed by atoms with Crippen molar-refractivity contribution in [1.82, 2.24) is 0 Å². The molecule has 0 spiro atoms. The van der Waals surface area contributed by atoms with Crippen LogP contribution in [-0.2, 0) is 33.2 Å². The number of ether oxygens (including phenoxy) is 6. The smallest absolute Gasteiger partial charge is 0.306 e. The van der Waals surface area contributed by atoms with Gasteiger partial charge in [-0.25, -0.2) is 0 Å². The van der Waals surface area contributed by atoms with Gasteiger partial charge in [0, 0.05) is 13.0 Å². The van der Waals surface area contributed by atoms with Crippen molar-refractivity contribution in [2.75, 3.05) is 33.0 Å². The minimum atomic E-state index is -1.71. The molecule has 11 unspecified atom stereocenters.